The molecule has 1 aromatic carbocycles. The SMILES string of the molecule is O=C1CCC(N2CC(c3cccc(N4CCNCC4)c3)=CC2=O)C(=O)N1. The van der Waals surface area contributed by atoms with E-state index in [0.29, 0.717) is 13.0 Å². The average molecular weight is 354 g/mol. The lowest BCUT2D eigenvalue weighted by Crippen LogP contribution is -2.53. The molecule has 3 amide bonds. The highest BCUT2D eigenvalue weighted by atomic mass is 16.2. The highest BCUT2D eigenvalue weighted by molar-refractivity contribution is 6.06. The molecule has 3 aliphatic heterocycles. The van der Waals surface area contributed by atoms with E-state index in [2.05, 4.69) is 27.7 Å². The summed E-state index contributed by atoms with van der Waals surface area (Å²) in [4.78, 5) is 39.7. The van der Waals surface area contributed by atoms with Crippen LogP contribution in [-0.2, 0) is 14.4 Å². The number of amides is 3. The number of piperidine rings is 1. The van der Waals surface area contributed by atoms with Gasteiger partial charge >= 0.3 is 0 Å². The number of hydrogen-bond acceptors (Lipinski definition) is 5. The van der Waals surface area contributed by atoms with Crippen molar-refractivity contribution in [2.75, 3.05) is 37.6 Å². The summed E-state index contributed by atoms with van der Waals surface area (Å²) in [5, 5.41) is 5.67. The van der Waals surface area contributed by atoms with E-state index in [0.717, 1.165) is 43.0 Å². The van der Waals surface area contributed by atoms with Crippen molar-refractivity contribution in [2.45, 2.75) is 18.9 Å². The van der Waals surface area contributed by atoms with Gasteiger partial charge in [0.2, 0.25) is 17.7 Å². The maximum atomic E-state index is 12.4. The number of benzene rings is 1. The van der Waals surface area contributed by atoms with Gasteiger partial charge in [0, 0.05) is 50.9 Å². The largest absolute Gasteiger partial charge is 0.369 e. The van der Waals surface area contributed by atoms with E-state index in [1.165, 1.54) is 0 Å². The van der Waals surface area contributed by atoms with Gasteiger partial charge in [-0.2, -0.15) is 0 Å². The van der Waals surface area contributed by atoms with Gasteiger partial charge in [-0.05, 0) is 29.7 Å². The minimum Gasteiger partial charge on any atom is -0.369 e. The highest BCUT2D eigenvalue weighted by Crippen LogP contribution is 2.28. The Morgan fingerprint density at radius 1 is 1.08 bits per heavy atom. The number of nitrogens with zero attached hydrogens (tertiary/aromatic N) is 2. The van der Waals surface area contributed by atoms with Crippen LogP contribution in [0.5, 0.6) is 0 Å². The Kier molecular flexibility index (Phi) is 4.46. The lowest BCUT2D eigenvalue weighted by Gasteiger charge is -2.30. The van der Waals surface area contributed by atoms with E-state index in [9.17, 15) is 14.4 Å². The number of nitrogens with one attached hydrogen (secondary N) is 2. The van der Waals surface area contributed by atoms with Crippen molar-refractivity contribution in [1.29, 1.82) is 0 Å². The fourth-order valence-corrected chi connectivity index (χ4v) is 3.78. The number of hydrogen-bond donors (Lipinski definition) is 2. The Morgan fingerprint density at radius 2 is 1.88 bits per heavy atom. The third-order valence-corrected chi connectivity index (χ3v) is 5.21. The molecule has 1 unspecified atom stereocenters. The van der Waals surface area contributed by atoms with Gasteiger partial charge in [-0.3, -0.25) is 19.7 Å². The Bertz CT molecular complexity index is 783. The number of carbonyl (C=O) groups excluding carboxylic acids is 3. The number of carbonyl (C=O) groups is 3. The van der Waals surface area contributed by atoms with Crippen LogP contribution in [0.1, 0.15) is 18.4 Å². The van der Waals surface area contributed by atoms with E-state index in [4.69, 9.17) is 0 Å². The minimum absolute atomic E-state index is 0.165. The molecule has 1 aromatic rings. The summed E-state index contributed by atoms with van der Waals surface area (Å²) in [7, 11) is 0. The molecule has 1 atom stereocenters. The number of imide groups is 1. The Labute approximate surface area is 152 Å². The van der Waals surface area contributed by atoms with Crippen LogP contribution in [0.4, 0.5) is 5.69 Å². The van der Waals surface area contributed by atoms with E-state index in [1.807, 2.05) is 12.1 Å². The van der Waals surface area contributed by atoms with Crippen molar-refractivity contribution < 1.29 is 14.4 Å². The summed E-state index contributed by atoms with van der Waals surface area (Å²) in [5.41, 5.74) is 3.07. The molecule has 0 bridgehead atoms. The molecular weight excluding hydrogens is 332 g/mol. The van der Waals surface area contributed by atoms with E-state index < -0.39 is 6.04 Å². The van der Waals surface area contributed by atoms with Crippen LogP contribution in [-0.4, -0.2) is 61.4 Å². The molecule has 0 saturated carbocycles. The molecule has 3 aliphatic rings. The van der Waals surface area contributed by atoms with Crippen molar-refractivity contribution in [1.82, 2.24) is 15.5 Å². The van der Waals surface area contributed by atoms with Gasteiger partial charge in [-0.1, -0.05) is 12.1 Å². The number of anilines is 1. The molecule has 0 aliphatic carbocycles. The van der Waals surface area contributed by atoms with Crippen LogP contribution < -0.4 is 15.5 Å². The fraction of sp³-hybridized carbons (Fsp3) is 0.421. The van der Waals surface area contributed by atoms with Crippen molar-refractivity contribution in [3.05, 3.63) is 35.9 Å². The van der Waals surface area contributed by atoms with Gasteiger partial charge in [0.05, 0.1) is 0 Å². The third-order valence-electron chi connectivity index (χ3n) is 5.21. The summed E-state index contributed by atoms with van der Waals surface area (Å²) in [6.07, 6.45) is 2.27. The smallest absolute Gasteiger partial charge is 0.249 e. The van der Waals surface area contributed by atoms with Crippen LogP contribution in [0.3, 0.4) is 0 Å². The Hall–Kier alpha value is -2.67. The predicted octanol–water partition coefficient (Wildman–Crippen LogP) is 0.127. The zero-order valence-electron chi connectivity index (χ0n) is 14.5. The van der Waals surface area contributed by atoms with Crippen LogP contribution in [0, 0.1) is 0 Å². The second kappa shape index (κ2) is 6.92. The fourth-order valence-electron chi connectivity index (χ4n) is 3.78. The lowest BCUT2D eigenvalue weighted by atomic mass is 10.0. The first-order chi connectivity index (χ1) is 12.6. The minimum atomic E-state index is -0.565. The Balaban J connectivity index is 1.50. The van der Waals surface area contributed by atoms with Gasteiger partial charge in [0.15, 0.2) is 0 Å². The van der Waals surface area contributed by atoms with Gasteiger partial charge in [-0.15, -0.1) is 0 Å². The predicted molar refractivity (Wildman–Crippen MR) is 97.4 cm³/mol. The summed E-state index contributed by atoms with van der Waals surface area (Å²) < 4.78 is 0. The second-order valence-electron chi connectivity index (χ2n) is 6.89. The monoisotopic (exact) mass is 354 g/mol. The van der Waals surface area contributed by atoms with Gasteiger partial charge in [-0.25, -0.2) is 0 Å². The molecular formula is C19H22N4O3. The van der Waals surface area contributed by atoms with Crippen molar-refractivity contribution in [3.8, 4) is 0 Å². The normalized spacial score (nSPS) is 23.9. The molecule has 2 saturated heterocycles. The molecule has 2 N–H and O–H groups in total. The number of rotatable bonds is 3. The van der Waals surface area contributed by atoms with Gasteiger partial charge < -0.3 is 15.1 Å². The molecule has 0 radical (unpaired) electrons. The first kappa shape index (κ1) is 16.8. The lowest BCUT2D eigenvalue weighted by molar-refractivity contribution is -0.142. The second-order valence-corrected chi connectivity index (χ2v) is 6.89. The molecule has 0 spiro atoms. The van der Waals surface area contributed by atoms with E-state index in [-0.39, 0.29) is 24.1 Å². The zero-order chi connectivity index (χ0) is 18.1. The Morgan fingerprint density at radius 3 is 2.65 bits per heavy atom. The van der Waals surface area contributed by atoms with Crippen LogP contribution >= 0.6 is 0 Å². The van der Waals surface area contributed by atoms with Crippen molar-refractivity contribution in [3.63, 3.8) is 0 Å². The maximum Gasteiger partial charge on any atom is 0.249 e. The van der Waals surface area contributed by atoms with Crippen molar-refractivity contribution >= 4 is 29.0 Å². The molecule has 26 heavy (non-hydrogen) atoms. The zero-order valence-corrected chi connectivity index (χ0v) is 14.5. The molecule has 136 valence electrons. The quantitative estimate of drug-likeness (QED) is 0.754. The van der Waals surface area contributed by atoms with Crippen LogP contribution in [0.25, 0.3) is 5.57 Å². The van der Waals surface area contributed by atoms with Gasteiger partial charge in [0.1, 0.15) is 6.04 Å². The first-order valence-electron chi connectivity index (χ1n) is 9.03. The first-order valence-corrected chi connectivity index (χ1v) is 9.03. The summed E-state index contributed by atoms with van der Waals surface area (Å²) in [6.45, 7) is 4.26. The summed E-state index contributed by atoms with van der Waals surface area (Å²) in [5.74, 6) is -0.810. The molecule has 0 aromatic heterocycles. The topological polar surface area (TPSA) is 81.8 Å². The van der Waals surface area contributed by atoms with Gasteiger partial charge in [0.25, 0.3) is 0 Å². The maximum absolute atomic E-state index is 12.4. The summed E-state index contributed by atoms with van der Waals surface area (Å²) >= 11 is 0. The summed E-state index contributed by atoms with van der Waals surface area (Å²) in [6, 6.07) is 7.64. The highest BCUT2D eigenvalue weighted by Gasteiger charge is 2.36. The molecule has 4 rings (SSSR count). The standard InChI is InChI=1S/C19H22N4O3/c24-17-5-4-16(19(26)21-17)23-12-14(11-18(23)25)13-2-1-3-15(10-13)22-8-6-20-7-9-22/h1-3,10-11,16,20H,4-9,12H2,(H,21,24,26). The molecule has 7 heteroatoms. The van der Waals surface area contributed by atoms with Crippen molar-refractivity contribution in [2.24, 2.45) is 0 Å². The van der Waals surface area contributed by atoms with E-state index in [1.54, 1.807) is 11.0 Å². The van der Waals surface area contributed by atoms with E-state index >= 15 is 0 Å². The molecule has 7 nitrogen and oxygen atoms in total. The molecule has 2 fully saturated rings. The third kappa shape index (κ3) is 3.22. The average Bonchev–Trinajstić information content (AvgIpc) is 3.04. The van der Waals surface area contributed by atoms with Crippen LogP contribution in [0.15, 0.2) is 30.3 Å². The van der Waals surface area contributed by atoms with Crippen LogP contribution in [0.2, 0.25) is 0 Å². The number of piperazine rings is 1. The molecule has 3 heterocycles.